The number of benzene rings is 1. The number of aliphatic carboxylic acids is 1. The highest BCUT2D eigenvalue weighted by Gasteiger charge is 2.05. The summed E-state index contributed by atoms with van der Waals surface area (Å²) in [5.41, 5.74) is 1.99. The Kier molecular flexibility index (Phi) is 3.67. The third-order valence-electron chi connectivity index (χ3n) is 2.11. The van der Waals surface area contributed by atoms with Gasteiger partial charge in [-0.05, 0) is 36.3 Å². The first-order valence-corrected chi connectivity index (χ1v) is 4.58. The molecular formula is C12H11NO3. The number of ether oxygens (including phenoxy) is 1. The van der Waals surface area contributed by atoms with E-state index in [0.717, 1.165) is 17.2 Å². The molecule has 4 nitrogen and oxygen atoms in total. The van der Waals surface area contributed by atoms with Crippen molar-refractivity contribution in [3.63, 3.8) is 0 Å². The molecule has 1 N–H and O–H groups in total. The maximum absolute atomic E-state index is 10.4. The zero-order valence-corrected chi connectivity index (χ0v) is 9.02. The number of rotatable bonds is 3. The van der Waals surface area contributed by atoms with Crippen molar-refractivity contribution < 1.29 is 14.6 Å². The molecule has 0 saturated carbocycles. The average Bonchev–Trinajstić information content (AvgIpc) is 2.26. The van der Waals surface area contributed by atoms with Crippen LogP contribution in [0.3, 0.4) is 0 Å². The number of methoxy groups -OCH3 is 1. The summed E-state index contributed by atoms with van der Waals surface area (Å²) in [7, 11) is 1.47. The highest BCUT2D eigenvalue weighted by atomic mass is 16.5. The van der Waals surface area contributed by atoms with Crippen LogP contribution in [0.1, 0.15) is 16.7 Å². The van der Waals surface area contributed by atoms with Gasteiger partial charge in [0.1, 0.15) is 11.8 Å². The Hall–Kier alpha value is -2.28. The topological polar surface area (TPSA) is 70.3 Å². The van der Waals surface area contributed by atoms with Crippen LogP contribution < -0.4 is 4.74 Å². The molecule has 0 aliphatic carbocycles. The fourth-order valence-corrected chi connectivity index (χ4v) is 1.30. The van der Waals surface area contributed by atoms with E-state index in [1.165, 1.54) is 13.2 Å². The monoisotopic (exact) mass is 217 g/mol. The summed E-state index contributed by atoms with van der Waals surface area (Å²) >= 11 is 0. The van der Waals surface area contributed by atoms with Crippen molar-refractivity contribution in [2.45, 2.75) is 6.92 Å². The summed E-state index contributed by atoms with van der Waals surface area (Å²) in [6.45, 7) is 1.81. The molecule has 0 atom stereocenters. The number of carboxylic acid groups (broad SMARTS) is 1. The lowest BCUT2D eigenvalue weighted by Crippen LogP contribution is -1.92. The van der Waals surface area contributed by atoms with E-state index >= 15 is 0 Å². The lowest BCUT2D eigenvalue weighted by Gasteiger charge is -2.06. The Morgan fingerprint density at radius 1 is 1.56 bits per heavy atom. The van der Waals surface area contributed by atoms with Gasteiger partial charge in [-0.3, -0.25) is 0 Å². The predicted octanol–water partition coefficient (Wildman–Crippen LogP) is 1.97. The summed E-state index contributed by atoms with van der Waals surface area (Å²) < 4.78 is 5.03. The molecule has 1 aromatic carbocycles. The third-order valence-corrected chi connectivity index (χ3v) is 2.11. The molecule has 1 rings (SSSR count). The SMILES string of the molecule is COc1cc(/C=C/C(=O)O)c(C)cc1C#N. The Bertz CT molecular complexity index is 484. The van der Waals surface area contributed by atoms with Crippen molar-refractivity contribution in [2.75, 3.05) is 7.11 Å². The van der Waals surface area contributed by atoms with Gasteiger partial charge in [0.05, 0.1) is 12.7 Å². The normalized spacial score (nSPS) is 10.1. The molecule has 0 amide bonds. The van der Waals surface area contributed by atoms with E-state index in [1.807, 2.05) is 13.0 Å². The van der Waals surface area contributed by atoms with Crippen LogP contribution in [0.25, 0.3) is 6.08 Å². The number of nitriles is 1. The largest absolute Gasteiger partial charge is 0.495 e. The molecule has 82 valence electrons. The van der Waals surface area contributed by atoms with E-state index in [1.54, 1.807) is 12.1 Å². The van der Waals surface area contributed by atoms with Gasteiger partial charge in [-0.1, -0.05) is 0 Å². The highest BCUT2D eigenvalue weighted by Crippen LogP contribution is 2.23. The van der Waals surface area contributed by atoms with Crippen molar-refractivity contribution >= 4 is 12.0 Å². The summed E-state index contributed by atoms with van der Waals surface area (Å²) in [4.78, 5) is 10.4. The molecule has 1 aromatic rings. The Balaban J connectivity index is 3.22. The van der Waals surface area contributed by atoms with E-state index < -0.39 is 5.97 Å². The van der Waals surface area contributed by atoms with Crippen molar-refractivity contribution in [2.24, 2.45) is 0 Å². The first kappa shape index (κ1) is 11.8. The third kappa shape index (κ3) is 2.61. The molecule has 0 saturated heterocycles. The molecular weight excluding hydrogens is 206 g/mol. The minimum absolute atomic E-state index is 0.437. The van der Waals surface area contributed by atoms with Gasteiger partial charge in [0.25, 0.3) is 0 Å². The number of hydrogen-bond acceptors (Lipinski definition) is 3. The van der Waals surface area contributed by atoms with Crippen LogP contribution in [0.5, 0.6) is 5.75 Å². The predicted molar refractivity (Wildman–Crippen MR) is 59.1 cm³/mol. The van der Waals surface area contributed by atoms with Gasteiger partial charge >= 0.3 is 5.97 Å². The second kappa shape index (κ2) is 4.99. The molecule has 0 radical (unpaired) electrons. The smallest absolute Gasteiger partial charge is 0.328 e. The van der Waals surface area contributed by atoms with Crippen molar-refractivity contribution in [3.8, 4) is 11.8 Å². The van der Waals surface area contributed by atoms with Gasteiger partial charge in [0, 0.05) is 6.08 Å². The molecule has 0 aliphatic heterocycles. The standard InChI is InChI=1S/C12H11NO3/c1-8-5-10(7-13)11(16-2)6-9(8)3-4-12(14)15/h3-6H,1-2H3,(H,14,15)/b4-3+. The van der Waals surface area contributed by atoms with Crippen LogP contribution in [0.2, 0.25) is 0 Å². The van der Waals surface area contributed by atoms with Gasteiger partial charge < -0.3 is 9.84 Å². The molecule has 4 heteroatoms. The van der Waals surface area contributed by atoms with Gasteiger partial charge in [-0.25, -0.2) is 4.79 Å². The minimum atomic E-state index is -1.01. The number of hydrogen-bond donors (Lipinski definition) is 1. The fraction of sp³-hybridized carbons (Fsp3) is 0.167. The molecule has 0 aromatic heterocycles. The van der Waals surface area contributed by atoms with Gasteiger partial charge in [0.15, 0.2) is 0 Å². The lowest BCUT2D eigenvalue weighted by atomic mass is 10.0. The number of nitrogens with zero attached hydrogens (tertiary/aromatic N) is 1. The molecule has 16 heavy (non-hydrogen) atoms. The van der Waals surface area contributed by atoms with Gasteiger partial charge in [-0.2, -0.15) is 5.26 Å². The summed E-state index contributed by atoms with van der Waals surface area (Å²) in [6, 6.07) is 5.33. The van der Waals surface area contributed by atoms with Gasteiger partial charge in [-0.15, -0.1) is 0 Å². The number of carboxylic acids is 1. The molecule has 0 aliphatic rings. The Labute approximate surface area is 93.4 Å². The zero-order chi connectivity index (χ0) is 12.1. The van der Waals surface area contributed by atoms with Crippen LogP contribution >= 0.6 is 0 Å². The van der Waals surface area contributed by atoms with Crippen LogP contribution in [-0.2, 0) is 4.79 Å². The summed E-state index contributed by atoms with van der Waals surface area (Å²) in [5.74, 6) is -0.569. The molecule has 0 fully saturated rings. The van der Waals surface area contributed by atoms with Crippen molar-refractivity contribution in [1.82, 2.24) is 0 Å². The van der Waals surface area contributed by atoms with Crippen LogP contribution in [-0.4, -0.2) is 18.2 Å². The van der Waals surface area contributed by atoms with E-state index in [-0.39, 0.29) is 0 Å². The van der Waals surface area contributed by atoms with E-state index in [4.69, 9.17) is 15.1 Å². The van der Waals surface area contributed by atoms with Crippen LogP contribution in [0, 0.1) is 18.3 Å². The first-order valence-electron chi connectivity index (χ1n) is 4.58. The average molecular weight is 217 g/mol. The molecule has 0 spiro atoms. The van der Waals surface area contributed by atoms with Gasteiger partial charge in [0.2, 0.25) is 0 Å². The minimum Gasteiger partial charge on any atom is -0.495 e. The van der Waals surface area contributed by atoms with E-state index in [0.29, 0.717) is 11.3 Å². The van der Waals surface area contributed by atoms with Crippen molar-refractivity contribution in [1.29, 1.82) is 5.26 Å². The summed E-state index contributed by atoms with van der Waals surface area (Å²) in [5, 5.41) is 17.4. The van der Waals surface area contributed by atoms with E-state index in [9.17, 15) is 4.79 Å². The van der Waals surface area contributed by atoms with Crippen LogP contribution in [0.15, 0.2) is 18.2 Å². The fourth-order valence-electron chi connectivity index (χ4n) is 1.30. The number of carbonyl (C=O) groups is 1. The number of aryl methyl sites for hydroxylation is 1. The molecule has 0 heterocycles. The first-order chi connectivity index (χ1) is 7.58. The highest BCUT2D eigenvalue weighted by molar-refractivity contribution is 5.85. The zero-order valence-electron chi connectivity index (χ0n) is 9.02. The second-order valence-corrected chi connectivity index (χ2v) is 3.19. The van der Waals surface area contributed by atoms with E-state index in [2.05, 4.69) is 0 Å². The molecule has 0 bridgehead atoms. The van der Waals surface area contributed by atoms with Crippen molar-refractivity contribution in [3.05, 3.63) is 34.9 Å². The maximum Gasteiger partial charge on any atom is 0.328 e. The quantitative estimate of drug-likeness (QED) is 0.786. The molecule has 0 unspecified atom stereocenters. The Morgan fingerprint density at radius 3 is 2.75 bits per heavy atom. The lowest BCUT2D eigenvalue weighted by molar-refractivity contribution is -0.131. The maximum atomic E-state index is 10.4. The summed E-state index contributed by atoms with van der Waals surface area (Å²) in [6.07, 6.45) is 2.52. The van der Waals surface area contributed by atoms with Crippen LogP contribution in [0.4, 0.5) is 0 Å². The Morgan fingerprint density at radius 2 is 2.25 bits per heavy atom. The second-order valence-electron chi connectivity index (χ2n) is 3.19.